The second-order valence-corrected chi connectivity index (χ2v) is 6.53. The summed E-state index contributed by atoms with van der Waals surface area (Å²) in [6.07, 6.45) is 3.03. The van der Waals surface area contributed by atoms with E-state index in [1.165, 1.54) is 11.3 Å². The van der Waals surface area contributed by atoms with E-state index >= 15 is 0 Å². The number of aryl methyl sites for hydroxylation is 1. The molecule has 1 aliphatic rings. The van der Waals surface area contributed by atoms with Gasteiger partial charge in [0, 0.05) is 17.5 Å². The molecular formula is C14H13Cl2NOS. The summed E-state index contributed by atoms with van der Waals surface area (Å²) >= 11 is 14.5. The smallest absolute Gasteiger partial charge is 0.140 e. The minimum Gasteiger partial charge on any atom is -0.360 e. The molecule has 0 radical (unpaired) electrons. The van der Waals surface area contributed by atoms with Crippen LogP contribution in [0.5, 0.6) is 0 Å². The van der Waals surface area contributed by atoms with E-state index in [9.17, 15) is 0 Å². The molecule has 2 aromatic rings. The van der Waals surface area contributed by atoms with Crippen LogP contribution in [-0.2, 0) is 12.8 Å². The van der Waals surface area contributed by atoms with Crippen molar-refractivity contribution in [1.82, 2.24) is 5.16 Å². The van der Waals surface area contributed by atoms with Gasteiger partial charge >= 0.3 is 0 Å². The first kappa shape index (κ1) is 13.3. The number of benzene rings is 1. The van der Waals surface area contributed by atoms with Crippen molar-refractivity contribution >= 4 is 35.0 Å². The quantitative estimate of drug-likeness (QED) is 0.751. The lowest BCUT2D eigenvalue weighted by molar-refractivity contribution is 0.382. The third-order valence-electron chi connectivity index (χ3n) is 3.26. The molecule has 0 N–H and O–H groups in total. The maximum atomic E-state index is 6.27. The Morgan fingerprint density at radius 2 is 1.89 bits per heavy atom. The van der Waals surface area contributed by atoms with Crippen molar-refractivity contribution in [3.63, 3.8) is 0 Å². The number of hydrogen-bond acceptors (Lipinski definition) is 3. The molecule has 1 aromatic carbocycles. The normalized spacial score (nSPS) is 15.7. The summed E-state index contributed by atoms with van der Waals surface area (Å²) in [5.74, 6) is 3.26. The van der Waals surface area contributed by atoms with Crippen LogP contribution in [0.3, 0.4) is 0 Å². The van der Waals surface area contributed by atoms with Crippen molar-refractivity contribution in [1.29, 1.82) is 0 Å². The van der Waals surface area contributed by atoms with E-state index in [4.69, 9.17) is 27.7 Å². The zero-order valence-corrected chi connectivity index (χ0v) is 12.6. The summed E-state index contributed by atoms with van der Waals surface area (Å²) in [5.41, 5.74) is 2.77. The zero-order chi connectivity index (χ0) is 13.2. The Kier molecular flexibility index (Phi) is 4.06. The van der Waals surface area contributed by atoms with Crippen LogP contribution in [0.25, 0.3) is 11.3 Å². The molecule has 0 amide bonds. The molecule has 0 spiro atoms. The SMILES string of the molecule is Clc1cccc(Cl)c1-c1noc2c1CCSCCC2. The number of rotatable bonds is 1. The monoisotopic (exact) mass is 313 g/mol. The average molecular weight is 314 g/mol. The predicted octanol–water partition coefficient (Wildman–Crippen LogP) is 4.87. The molecule has 1 aromatic heterocycles. The highest BCUT2D eigenvalue weighted by Crippen LogP contribution is 2.38. The molecule has 5 heteroatoms. The van der Waals surface area contributed by atoms with Gasteiger partial charge in [0.25, 0.3) is 0 Å². The van der Waals surface area contributed by atoms with Crippen LogP contribution in [-0.4, -0.2) is 16.7 Å². The van der Waals surface area contributed by atoms with Crippen LogP contribution in [0.1, 0.15) is 17.7 Å². The van der Waals surface area contributed by atoms with Crippen molar-refractivity contribution in [2.45, 2.75) is 19.3 Å². The molecule has 1 aliphatic heterocycles. The van der Waals surface area contributed by atoms with Gasteiger partial charge in [-0.3, -0.25) is 0 Å². The Hall–Kier alpha value is -0.640. The number of thioether (sulfide) groups is 1. The maximum absolute atomic E-state index is 6.27. The second kappa shape index (κ2) is 5.78. The summed E-state index contributed by atoms with van der Waals surface area (Å²) in [7, 11) is 0. The summed E-state index contributed by atoms with van der Waals surface area (Å²) in [6.45, 7) is 0. The van der Waals surface area contributed by atoms with Crippen molar-refractivity contribution < 1.29 is 4.52 Å². The largest absolute Gasteiger partial charge is 0.360 e. The van der Waals surface area contributed by atoms with Gasteiger partial charge in [0.05, 0.1) is 10.0 Å². The third-order valence-corrected chi connectivity index (χ3v) is 4.96. The number of fused-ring (bicyclic) bond motifs is 1. The van der Waals surface area contributed by atoms with E-state index in [1.807, 2.05) is 30.0 Å². The minimum atomic E-state index is 0.623. The fraction of sp³-hybridized carbons (Fsp3) is 0.357. The van der Waals surface area contributed by atoms with E-state index in [1.54, 1.807) is 0 Å². The van der Waals surface area contributed by atoms with Crippen LogP contribution in [0.15, 0.2) is 22.7 Å². The van der Waals surface area contributed by atoms with E-state index < -0.39 is 0 Å². The first-order chi connectivity index (χ1) is 9.27. The summed E-state index contributed by atoms with van der Waals surface area (Å²) < 4.78 is 5.51. The summed E-state index contributed by atoms with van der Waals surface area (Å²) in [6, 6.07) is 5.51. The fourth-order valence-electron chi connectivity index (χ4n) is 2.33. The Bertz CT molecular complexity index is 577. The van der Waals surface area contributed by atoms with Gasteiger partial charge in [-0.05, 0) is 36.5 Å². The molecule has 100 valence electrons. The third kappa shape index (κ3) is 2.64. The molecule has 0 unspecified atom stereocenters. The zero-order valence-electron chi connectivity index (χ0n) is 10.3. The first-order valence-electron chi connectivity index (χ1n) is 6.27. The fourth-order valence-corrected chi connectivity index (χ4v) is 3.81. The molecule has 19 heavy (non-hydrogen) atoms. The molecule has 0 bridgehead atoms. The number of aromatic nitrogens is 1. The Morgan fingerprint density at radius 3 is 2.68 bits per heavy atom. The molecule has 2 heterocycles. The predicted molar refractivity (Wildman–Crippen MR) is 81.3 cm³/mol. The van der Waals surface area contributed by atoms with Gasteiger partial charge in [0.2, 0.25) is 0 Å². The Morgan fingerprint density at radius 1 is 1.11 bits per heavy atom. The molecule has 3 rings (SSSR count). The van der Waals surface area contributed by atoms with Crippen molar-refractivity contribution in [3.05, 3.63) is 39.6 Å². The van der Waals surface area contributed by atoms with Gasteiger partial charge in [-0.15, -0.1) is 0 Å². The van der Waals surface area contributed by atoms with E-state index in [-0.39, 0.29) is 0 Å². The topological polar surface area (TPSA) is 26.0 Å². The lowest BCUT2D eigenvalue weighted by Crippen LogP contribution is -2.01. The van der Waals surface area contributed by atoms with Gasteiger partial charge in [-0.1, -0.05) is 34.4 Å². The summed E-state index contributed by atoms with van der Waals surface area (Å²) in [5, 5.41) is 5.47. The van der Waals surface area contributed by atoms with Crippen LogP contribution in [0.2, 0.25) is 10.0 Å². The van der Waals surface area contributed by atoms with E-state index in [0.717, 1.165) is 42.0 Å². The average Bonchev–Trinajstić information content (AvgIpc) is 2.71. The molecule has 0 atom stereocenters. The highest BCUT2D eigenvalue weighted by atomic mass is 35.5. The lowest BCUT2D eigenvalue weighted by Gasteiger charge is -2.10. The number of nitrogens with zero attached hydrogens (tertiary/aromatic N) is 1. The highest BCUT2D eigenvalue weighted by molar-refractivity contribution is 7.99. The molecule has 0 saturated heterocycles. The standard InChI is InChI=1S/C14H13Cl2NOS/c15-10-3-1-4-11(16)13(10)14-9-6-8-19-7-2-5-12(9)18-17-14/h1,3-4H,2,5-8H2. The molecular weight excluding hydrogens is 301 g/mol. The van der Waals surface area contributed by atoms with Crippen LogP contribution < -0.4 is 0 Å². The number of hydrogen-bond donors (Lipinski definition) is 0. The summed E-state index contributed by atoms with van der Waals surface area (Å²) in [4.78, 5) is 0. The van der Waals surface area contributed by atoms with Gasteiger partial charge in [0.15, 0.2) is 0 Å². The number of halogens is 2. The molecule has 0 fully saturated rings. The van der Waals surface area contributed by atoms with Crippen LogP contribution in [0, 0.1) is 0 Å². The first-order valence-corrected chi connectivity index (χ1v) is 8.18. The van der Waals surface area contributed by atoms with Crippen LogP contribution in [0.4, 0.5) is 0 Å². The Labute approximate surface area is 126 Å². The van der Waals surface area contributed by atoms with Gasteiger partial charge < -0.3 is 4.52 Å². The van der Waals surface area contributed by atoms with E-state index in [2.05, 4.69) is 5.16 Å². The van der Waals surface area contributed by atoms with Gasteiger partial charge in [-0.2, -0.15) is 11.8 Å². The van der Waals surface area contributed by atoms with Gasteiger partial charge in [-0.25, -0.2) is 0 Å². The highest BCUT2D eigenvalue weighted by Gasteiger charge is 2.21. The molecule has 0 saturated carbocycles. The minimum absolute atomic E-state index is 0.623. The van der Waals surface area contributed by atoms with Crippen molar-refractivity contribution in [2.75, 3.05) is 11.5 Å². The second-order valence-electron chi connectivity index (χ2n) is 4.50. The van der Waals surface area contributed by atoms with Crippen molar-refractivity contribution in [2.24, 2.45) is 0 Å². The Balaban J connectivity index is 2.10. The van der Waals surface area contributed by atoms with E-state index in [0.29, 0.717) is 10.0 Å². The maximum Gasteiger partial charge on any atom is 0.140 e. The molecule has 2 nitrogen and oxygen atoms in total. The van der Waals surface area contributed by atoms with Crippen LogP contribution >= 0.6 is 35.0 Å². The molecule has 0 aliphatic carbocycles. The lowest BCUT2D eigenvalue weighted by atomic mass is 10.0. The van der Waals surface area contributed by atoms with Crippen molar-refractivity contribution in [3.8, 4) is 11.3 Å². The van der Waals surface area contributed by atoms with Gasteiger partial charge in [0.1, 0.15) is 11.5 Å².